The molecule has 1 fully saturated rings. The Morgan fingerprint density at radius 2 is 1.93 bits per heavy atom. The first-order chi connectivity index (χ1) is 14.0. The number of hydrogen-bond acceptors (Lipinski definition) is 5. The van der Waals surface area contributed by atoms with Crippen molar-refractivity contribution in [3.05, 3.63) is 59.2 Å². The van der Waals surface area contributed by atoms with Crippen molar-refractivity contribution in [2.24, 2.45) is 0 Å². The van der Waals surface area contributed by atoms with Gasteiger partial charge in [0, 0.05) is 17.5 Å². The number of thioether (sulfide) groups is 1. The summed E-state index contributed by atoms with van der Waals surface area (Å²) in [7, 11) is 0. The summed E-state index contributed by atoms with van der Waals surface area (Å²) in [6, 6.07) is 10.8. The molecule has 4 rings (SSSR count). The van der Waals surface area contributed by atoms with Gasteiger partial charge in [-0.2, -0.15) is 0 Å². The molecule has 1 atom stereocenters. The van der Waals surface area contributed by atoms with Crippen molar-refractivity contribution in [2.75, 3.05) is 23.7 Å². The molecule has 0 bridgehead atoms. The Morgan fingerprint density at radius 3 is 2.76 bits per heavy atom. The summed E-state index contributed by atoms with van der Waals surface area (Å²) in [6.07, 6.45) is 3.23. The second-order valence-electron chi connectivity index (χ2n) is 7.06. The number of ether oxygens (including phenoxy) is 2. The van der Waals surface area contributed by atoms with Gasteiger partial charge in [-0.15, -0.1) is 11.8 Å². The zero-order chi connectivity index (χ0) is 20.4. The molecule has 29 heavy (non-hydrogen) atoms. The third-order valence-electron chi connectivity index (χ3n) is 5.06. The van der Waals surface area contributed by atoms with Crippen molar-refractivity contribution in [1.29, 1.82) is 0 Å². The fraction of sp³-hybridized carbons (Fsp3) is 0.273. The van der Waals surface area contributed by atoms with Crippen LogP contribution in [0.3, 0.4) is 0 Å². The van der Waals surface area contributed by atoms with Gasteiger partial charge in [-0.1, -0.05) is 12.1 Å². The summed E-state index contributed by atoms with van der Waals surface area (Å²) in [5.74, 6) is 2.10. The maximum Gasteiger partial charge on any atom is 0.248 e. The van der Waals surface area contributed by atoms with Crippen LogP contribution < -0.4 is 14.8 Å². The lowest BCUT2D eigenvalue weighted by molar-refractivity contribution is -0.132. The van der Waals surface area contributed by atoms with E-state index in [2.05, 4.69) is 5.32 Å². The minimum Gasteiger partial charge on any atom is -0.454 e. The van der Waals surface area contributed by atoms with E-state index in [1.807, 2.05) is 50.2 Å². The Labute approximate surface area is 173 Å². The van der Waals surface area contributed by atoms with Gasteiger partial charge in [0.25, 0.3) is 0 Å². The Balaban J connectivity index is 1.42. The average molecular weight is 410 g/mol. The largest absolute Gasteiger partial charge is 0.454 e. The van der Waals surface area contributed by atoms with Crippen molar-refractivity contribution in [1.82, 2.24) is 4.90 Å². The molecule has 2 aliphatic heterocycles. The molecule has 0 saturated carbocycles. The van der Waals surface area contributed by atoms with Crippen LogP contribution in [0.4, 0.5) is 5.69 Å². The lowest BCUT2D eigenvalue weighted by Crippen LogP contribution is -2.43. The van der Waals surface area contributed by atoms with Crippen LogP contribution in [0.15, 0.2) is 42.5 Å². The number of hydrogen-bond donors (Lipinski definition) is 1. The number of anilines is 1. The second-order valence-corrected chi connectivity index (χ2v) is 8.06. The number of carbonyl (C=O) groups is 2. The fourth-order valence-corrected chi connectivity index (χ4v) is 4.37. The fourth-order valence-electron chi connectivity index (χ4n) is 3.20. The van der Waals surface area contributed by atoms with Crippen molar-refractivity contribution in [2.45, 2.75) is 19.9 Å². The predicted molar refractivity (Wildman–Crippen MR) is 114 cm³/mol. The minimum absolute atomic E-state index is 0.164. The smallest absolute Gasteiger partial charge is 0.248 e. The van der Waals surface area contributed by atoms with Gasteiger partial charge in [-0.3, -0.25) is 9.59 Å². The van der Waals surface area contributed by atoms with Crippen LogP contribution in [0.1, 0.15) is 16.7 Å². The maximum atomic E-state index is 12.8. The highest BCUT2D eigenvalue weighted by Crippen LogP contribution is 2.33. The first-order valence-electron chi connectivity index (χ1n) is 9.35. The molecule has 1 unspecified atom stereocenters. The number of nitrogens with zero attached hydrogens (tertiary/aromatic N) is 1. The average Bonchev–Trinajstić information content (AvgIpc) is 3.37. The molecule has 0 radical (unpaired) electrons. The highest BCUT2D eigenvalue weighted by molar-refractivity contribution is 7.99. The summed E-state index contributed by atoms with van der Waals surface area (Å²) < 4.78 is 10.7. The normalized spacial score (nSPS) is 17.7. The Bertz CT molecular complexity index is 989. The van der Waals surface area contributed by atoms with E-state index < -0.39 is 6.04 Å². The zero-order valence-corrected chi connectivity index (χ0v) is 17.1. The zero-order valence-electron chi connectivity index (χ0n) is 16.3. The third kappa shape index (κ3) is 4.24. The third-order valence-corrected chi connectivity index (χ3v) is 6.07. The van der Waals surface area contributed by atoms with Crippen molar-refractivity contribution < 1.29 is 19.1 Å². The quantitative estimate of drug-likeness (QED) is 0.781. The molecule has 1 N–H and O–H groups in total. The molecular formula is C22H22N2O4S. The lowest BCUT2D eigenvalue weighted by atomic mass is 10.1. The van der Waals surface area contributed by atoms with E-state index in [0.717, 1.165) is 16.8 Å². The number of fused-ring (bicyclic) bond motifs is 1. The monoisotopic (exact) mass is 410 g/mol. The maximum absolute atomic E-state index is 12.8. The predicted octanol–water partition coefficient (Wildman–Crippen LogP) is 3.59. The molecule has 2 aromatic carbocycles. The number of benzene rings is 2. The van der Waals surface area contributed by atoms with E-state index in [1.165, 1.54) is 11.6 Å². The summed E-state index contributed by atoms with van der Waals surface area (Å²) >= 11 is 1.57. The molecule has 2 aliphatic rings. The first-order valence-corrected chi connectivity index (χ1v) is 10.5. The molecule has 150 valence electrons. The number of carbonyl (C=O) groups excluding carboxylic acids is 2. The van der Waals surface area contributed by atoms with E-state index in [1.54, 1.807) is 22.7 Å². The molecule has 2 aromatic rings. The van der Waals surface area contributed by atoms with Crippen LogP contribution in [0.5, 0.6) is 11.5 Å². The van der Waals surface area contributed by atoms with E-state index in [9.17, 15) is 9.59 Å². The Kier molecular flexibility index (Phi) is 5.49. The highest BCUT2D eigenvalue weighted by atomic mass is 32.2. The van der Waals surface area contributed by atoms with Gasteiger partial charge < -0.3 is 19.7 Å². The lowest BCUT2D eigenvalue weighted by Gasteiger charge is -2.22. The Hall–Kier alpha value is -2.93. The Morgan fingerprint density at radius 1 is 1.10 bits per heavy atom. The van der Waals surface area contributed by atoms with Gasteiger partial charge in [0.2, 0.25) is 18.6 Å². The summed E-state index contributed by atoms with van der Waals surface area (Å²) in [6.45, 7) is 4.25. The van der Waals surface area contributed by atoms with Crippen LogP contribution in [0.25, 0.3) is 6.08 Å². The molecule has 0 aromatic heterocycles. The van der Waals surface area contributed by atoms with Gasteiger partial charge in [-0.05, 0) is 60.9 Å². The molecule has 1 saturated heterocycles. The van der Waals surface area contributed by atoms with Crippen LogP contribution >= 0.6 is 11.8 Å². The molecule has 6 nitrogen and oxygen atoms in total. The first kappa shape index (κ1) is 19.4. The van der Waals surface area contributed by atoms with Crippen molar-refractivity contribution in [3.8, 4) is 11.5 Å². The summed E-state index contributed by atoms with van der Waals surface area (Å²) in [5, 5.41) is 2.94. The molecule has 2 amide bonds. The van der Waals surface area contributed by atoms with Gasteiger partial charge in [0.05, 0.1) is 5.88 Å². The molecule has 0 spiro atoms. The van der Waals surface area contributed by atoms with Crippen LogP contribution in [0, 0.1) is 13.8 Å². The number of nitrogens with one attached hydrogen (secondary N) is 1. The number of aryl methyl sites for hydroxylation is 2. The van der Waals surface area contributed by atoms with Gasteiger partial charge in [0.1, 0.15) is 6.04 Å². The molecule has 2 heterocycles. The second kappa shape index (κ2) is 8.21. The van der Waals surface area contributed by atoms with Crippen LogP contribution in [-0.2, 0) is 9.59 Å². The van der Waals surface area contributed by atoms with Gasteiger partial charge in [0.15, 0.2) is 11.5 Å². The number of amides is 2. The van der Waals surface area contributed by atoms with E-state index >= 15 is 0 Å². The highest BCUT2D eigenvalue weighted by Gasteiger charge is 2.33. The minimum atomic E-state index is -0.490. The van der Waals surface area contributed by atoms with E-state index in [0.29, 0.717) is 23.1 Å². The van der Waals surface area contributed by atoms with Crippen LogP contribution in [-0.4, -0.2) is 41.2 Å². The molecular weight excluding hydrogens is 388 g/mol. The standard InChI is InChI=1S/C22H22N2O4S/c1-14-3-6-17(9-15(14)2)23-22(26)18-11-29-12-24(18)21(25)8-5-16-4-7-19-20(10-16)28-13-27-19/h3-10,18H,11-13H2,1-2H3,(H,23,26)/b8-5+. The summed E-state index contributed by atoms with van der Waals surface area (Å²) in [5.41, 5.74) is 3.87. The van der Waals surface area contributed by atoms with Crippen molar-refractivity contribution >= 4 is 35.3 Å². The van der Waals surface area contributed by atoms with Gasteiger partial charge in [-0.25, -0.2) is 0 Å². The molecule has 0 aliphatic carbocycles. The van der Waals surface area contributed by atoms with E-state index in [4.69, 9.17) is 9.47 Å². The van der Waals surface area contributed by atoms with Crippen LogP contribution in [0.2, 0.25) is 0 Å². The van der Waals surface area contributed by atoms with E-state index in [-0.39, 0.29) is 18.6 Å². The van der Waals surface area contributed by atoms with Gasteiger partial charge >= 0.3 is 0 Å². The number of rotatable bonds is 4. The molecule has 7 heteroatoms. The SMILES string of the molecule is Cc1ccc(NC(=O)C2CSCN2C(=O)/C=C/c2ccc3c(c2)OCO3)cc1C. The topological polar surface area (TPSA) is 67.9 Å². The van der Waals surface area contributed by atoms with Crippen molar-refractivity contribution in [3.63, 3.8) is 0 Å². The summed E-state index contributed by atoms with van der Waals surface area (Å²) in [4.78, 5) is 27.1.